The van der Waals surface area contributed by atoms with Crippen molar-refractivity contribution in [1.29, 1.82) is 0 Å². The highest BCUT2D eigenvalue weighted by Gasteiger charge is 2.31. The molecule has 0 radical (unpaired) electrons. The van der Waals surface area contributed by atoms with Gasteiger partial charge in [0.15, 0.2) is 5.11 Å². The van der Waals surface area contributed by atoms with Gasteiger partial charge in [0.25, 0.3) is 0 Å². The number of carbonyl (C=O) groups is 1. The number of thiocarbonyl (C=S) groups is 1. The molecule has 1 aromatic carbocycles. The van der Waals surface area contributed by atoms with Crippen LogP contribution in [0.3, 0.4) is 0 Å². The fourth-order valence-corrected chi connectivity index (χ4v) is 4.75. The van der Waals surface area contributed by atoms with E-state index in [9.17, 15) is 4.79 Å². The topological polar surface area (TPSA) is 59.6 Å². The molecule has 1 aliphatic heterocycles. The van der Waals surface area contributed by atoms with Crippen LogP contribution in [0.25, 0.3) is 0 Å². The maximum absolute atomic E-state index is 12.7. The number of ether oxygens (including phenoxy) is 2. The lowest BCUT2D eigenvalue weighted by Crippen LogP contribution is -2.30. The number of rotatable bonds is 7. The van der Waals surface area contributed by atoms with Crippen LogP contribution in [-0.4, -0.2) is 30.3 Å². The lowest BCUT2D eigenvalue weighted by atomic mass is 9.94. The van der Waals surface area contributed by atoms with Gasteiger partial charge < -0.3 is 20.1 Å². The summed E-state index contributed by atoms with van der Waals surface area (Å²) < 4.78 is 11.3. The Morgan fingerprint density at radius 3 is 2.79 bits per heavy atom. The quantitative estimate of drug-likeness (QED) is 0.494. The van der Waals surface area contributed by atoms with Gasteiger partial charge >= 0.3 is 5.97 Å². The largest absolute Gasteiger partial charge is 0.462 e. The van der Waals surface area contributed by atoms with E-state index in [2.05, 4.69) is 36.6 Å². The highest BCUT2D eigenvalue weighted by atomic mass is 32.1. The van der Waals surface area contributed by atoms with E-state index in [4.69, 9.17) is 21.7 Å². The highest BCUT2D eigenvalue weighted by Crippen LogP contribution is 2.39. The zero-order chi connectivity index (χ0) is 20.8. The van der Waals surface area contributed by atoms with Crippen LogP contribution in [0.1, 0.15) is 47.1 Å². The van der Waals surface area contributed by atoms with Crippen LogP contribution in [0.4, 0.5) is 5.00 Å². The molecule has 3 rings (SSSR count). The van der Waals surface area contributed by atoms with Gasteiger partial charge in [0.05, 0.1) is 24.9 Å². The Morgan fingerprint density at radius 1 is 1.34 bits per heavy atom. The number of hydrogen-bond acceptors (Lipinski definition) is 5. The number of carbonyl (C=O) groups excluding carboxylic acids is 1. The molecule has 1 aromatic heterocycles. The molecule has 0 bridgehead atoms. The number of hydrogen-bond donors (Lipinski definition) is 2. The molecule has 0 saturated heterocycles. The van der Waals surface area contributed by atoms with Gasteiger partial charge in [0.1, 0.15) is 5.00 Å². The summed E-state index contributed by atoms with van der Waals surface area (Å²) in [6.45, 7) is 7.67. The van der Waals surface area contributed by atoms with Gasteiger partial charge in [-0.1, -0.05) is 44.2 Å². The van der Waals surface area contributed by atoms with Crippen molar-refractivity contribution in [3.05, 3.63) is 51.9 Å². The van der Waals surface area contributed by atoms with Crippen molar-refractivity contribution in [2.75, 3.05) is 18.5 Å². The molecule has 0 saturated carbocycles. The van der Waals surface area contributed by atoms with Crippen LogP contribution in [0.2, 0.25) is 0 Å². The molecule has 0 amide bonds. The minimum atomic E-state index is -0.302. The monoisotopic (exact) mass is 432 g/mol. The van der Waals surface area contributed by atoms with E-state index >= 15 is 0 Å². The van der Waals surface area contributed by atoms with Crippen molar-refractivity contribution < 1.29 is 14.3 Å². The molecule has 7 heteroatoms. The lowest BCUT2D eigenvalue weighted by molar-refractivity contribution is 0.00124. The second-order valence-electron chi connectivity index (χ2n) is 7.34. The van der Waals surface area contributed by atoms with E-state index in [1.807, 2.05) is 25.1 Å². The predicted molar refractivity (Wildman–Crippen MR) is 122 cm³/mol. The highest BCUT2D eigenvalue weighted by molar-refractivity contribution is 7.80. The number of nitrogens with one attached hydrogen (secondary N) is 2. The van der Waals surface area contributed by atoms with Crippen molar-refractivity contribution >= 4 is 39.6 Å². The molecule has 0 unspecified atom stereocenters. The molecule has 0 fully saturated rings. The van der Waals surface area contributed by atoms with E-state index in [1.54, 1.807) is 0 Å². The van der Waals surface area contributed by atoms with E-state index in [-0.39, 0.29) is 12.1 Å². The van der Waals surface area contributed by atoms with Crippen LogP contribution in [0, 0.1) is 5.92 Å². The maximum atomic E-state index is 12.7. The van der Waals surface area contributed by atoms with Gasteiger partial charge in [-0.3, -0.25) is 0 Å². The Balaban J connectivity index is 1.71. The Bertz CT molecular complexity index is 849. The zero-order valence-electron chi connectivity index (χ0n) is 17.1. The summed E-state index contributed by atoms with van der Waals surface area (Å²) in [6, 6.07) is 10.2. The van der Waals surface area contributed by atoms with Crippen molar-refractivity contribution in [2.24, 2.45) is 5.92 Å². The zero-order valence-corrected chi connectivity index (χ0v) is 18.8. The Kier molecular flexibility index (Phi) is 7.64. The smallest absolute Gasteiger partial charge is 0.341 e. The standard InChI is InChI=1S/C22H28N2O3S2/c1-4-26-21(25)19-16-12-17(14(2)3)27-13-18(16)29-20(19)24-22(28)23-11-10-15-8-6-5-7-9-15/h5-9,14,17H,4,10-13H2,1-3H3,(H2,23,24,28)/t17-/m0/s1. The molecule has 5 nitrogen and oxygen atoms in total. The third-order valence-corrected chi connectivity index (χ3v) is 6.28. The molecule has 29 heavy (non-hydrogen) atoms. The second kappa shape index (κ2) is 10.2. The number of benzene rings is 1. The van der Waals surface area contributed by atoms with Crippen LogP contribution >= 0.6 is 23.6 Å². The molecule has 1 aliphatic rings. The van der Waals surface area contributed by atoms with Crippen LogP contribution in [0.5, 0.6) is 0 Å². The number of esters is 1. The molecular formula is C22H28N2O3S2. The molecule has 1 atom stereocenters. The van der Waals surface area contributed by atoms with Crippen molar-refractivity contribution in [3.8, 4) is 0 Å². The summed E-state index contributed by atoms with van der Waals surface area (Å²) >= 11 is 6.99. The van der Waals surface area contributed by atoms with E-state index in [0.29, 0.717) is 42.8 Å². The molecule has 2 N–H and O–H groups in total. The van der Waals surface area contributed by atoms with Gasteiger partial charge in [-0.2, -0.15) is 0 Å². The summed E-state index contributed by atoms with van der Waals surface area (Å²) in [5, 5.41) is 7.69. The van der Waals surface area contributed by atoms with E-state index in [0.717, 1.165) is 21.9 Å². The number of thiophene rings is 1. The minimum absolute atomic E-state index is 0.106. The van der Waals surface area contributed by atoms with Crippen molar-refractivity contribution in [1.82, 2.24) is 5.32 Å². The summed E-state index contributed by atoms with van der Waals surface area (Å²) in [4.78, 5) is 13.8. The fourth-order valence-electron chi connectivity index (χ4n) is 3.34. The average molecular weight is 433 g/mol. The van der Waals surface area contributed by atoms with Gasteiger partial charge in [0.2, 0.25) is 0 Å². The van der Waals surface area contributed by atoms with Crippen LogP contribution < -0.4 is 10.6 Å². The molecular weight excluding hydrogens is 404 g/mol. The first-order valence-corrected chi connectivity index (χ1v) is 11.2. The SMILES string of the molecule is CCOC(=O)c1c(NC(=S)NCCc2ccccc2)sc2c1C[C@@H](C(C)C)OC2. The van der Waals surface area contributed by atoms with Crippen molar-refractivity contribution in [3.63, 3.8) is 0 Å². The third kappa shape index (κ3) is 5.56. The van der Waals surface area contributed by atoms with Crippen molar-refractivity contribution in [2.45, 2.75) is 46.3 Å². The lowest BCUT2D eigenvalue weighted by Gasteiger charge is -2.26. The second-order valence-corrected chi connectivity index (χ2v) is 8.86. The van der Waals surface area contributed by atoms with Gasteiger partial charge in [-0.25, -0.2) is 4.79 Å². The number of fused-ring (bicyclic) bond motifs is 1. The molecule has 156 valence electrons. The third-order valence-electron chi connectivity index (χ3n) is 4.92. The molecule has 0 spiro atoms. The summed E-state index contributed by atoms with van der Waals surface area (Å²) in [5.41, 5.74) is 2.89. The molecule has 2 aromatic rings. The Hall–Kier alpha value is -1.96. The van der Waals surface area contributed by atoms with Crippen LogP contribution in [0.15, 0.2) is 30.3 Å². The van der Waals surface area contributed by atoms with Gasteiger partial charge in [-0.05, 0) is 42.6 Å². The summed E-state index contributed by atoms with van der Waals surface area (Å²) in [5.74, 6) is 0.0826. The van der Waals surface area contributed by atoms with Crippen LogP contribution in [-0.2, 0) is 28.9 Å². The summed E-state index contributed by atoms with van der Waals surface area (Å²) in [7, 11) is 0. The first-order valence-electron chi connectivity index (χ1n) is 10.0. The molecule has 0 aliphatic carbocycles. The first kappa shape index (κ1) is 21.7. The Labute approximate surface area is 181 Å². The van der Waals surface area contributed by atoms with E-state index in [1.165, 1.54) is 16.9 Å². The minimum Gasteiger partial charge on any atom is -0.462 e. The fraction of sp³-hybridized carbons (Fsp3) is 0.455. The summed E-state index contributed by atoms with van der Waals surface area (Å²) in [6.07, 6.45) is 1.69. The number of anilines is 1. The van der Waals surface area contributed by atoms with Gasteiger partial charge in [-0.15, -0.1) is 11.3 Å². The first-order chi connectivity index (χ1) is 14.0. The van der Waals surface area contributed by atoms with Gasteiger partial charge in [0, 0.05) is 17.8 Å². The maximum Gasteiger partial charge on any atom is 0.341 e. The Morgan fingerprint density at radius 2 is 2.10 bits per heavy atom. The van der Waals surface area contributed by atoms with E-state index < -0.39 is 0 Å². The average Bonchev–Trinajstić information content (AvgIpc) is 3.05. The predicted octanol–water partition coefficient (Wildman–Crippen LogP) is 4.55. The molecule has 2 heterocycles. The normalized spacial score (nSPS) is 15.7.